The fourth-order valence-electron chi connectivity index (χ4n) is 1.51. The fraction of sp³-hybridized carbons (Fsp3) is 0.692. The van der Waals surface area contributed by atoms with E-state index >= 15 is 0 Å². The molecule has 116 valence electrons. The van der Waals surface area contributed by atoms with Crippen molar-refractivity contribution in [2.24, 2.45) is 0 Å². The molecular weight excluding hydrogens is 296 g/mol. The van der Waals surface area contributed by atoms with Gasteiger partial charge in [0.1, 0.15) is 4.21 Å². The van der Waals surface area contributed by atoms with Crippen molar-refractivity contribution in [3.63, 3.8) is 0 Å². The highest BCUT2D eigenvalue weighted by Crippen LogP contribution is 2.21. The molecular formula is C13H24N2O3S2. The highest BCUT2D eigenvalue weighted by atomic mass is 32.2. The molecule has 0 aliphatic heterocycles. The first-order valence-electron chi connectivity index (χ1n) is 6.97. The van der Waals surface area contributed by atoms with Gasteiger partial charge in [0.2, 0.25) is 10.0 Å². The van der Waals surface area contributed by atoms with Crippen molar-refractivity contribution < 1.29 is 13.2 Å². The summed E-state index contributed by atoms with van der Waals surface area (Å²) in [7, 11) is -3.40. The number of rotatable bonds is 11. The van der Waals surface area contributed by atoms with Crippen molar-refractivity contribution in [2.45, 2.75) is 37.4 Å². The zero-order chi connectivity index (χ0) is 14.8. The van der Waals surface area contributed by atoms with E-state index < -0.39 is 10.0 Å². The topological polar surface area (TPSA) is 67.4 Å². The summed E-state index contributed by atoms with van der Waals surface area (Å²) in [5.41, 5.74) is 0. The van der Waals surface area contributed by atoms with Crippen LogP contribution in [0.25, 0.3) is 0 Å². The summed E-state index contributed by atoms with van der Waals surface area (Å²) in [4.78, 5) is 1.02. The van der Waals surface area contributed by atoms with Gasteiger partial charge in [-0.05, 0) is 25.1 Å². The van der Waals surface area contributed by atoms with Crippen LogP contribution in [-0.2, 0) is 21.3 Å². The van der Waals surface area contributed by atoms with Gasteiger partial charge < -0.3 is 10.1 Å². The Balaban J connectivity index is 2.38. The average molecular weight is 320 g/mol. The highest BCUT2D eigenvalue weighted by molar-refractivity contribution is 7.91. The molecule has 0 atom stereocenters. The third-order valence-electron chi connectivity index (χ3n) is 2.63. The van der Waals surface area contributed by atoms with E-state index in [1.807, 2.05) is 13.0 Å². The van der Waals surface area contributed by atoms with Gasteiger partial charge in [-0.2, -0.15) is 0 Å². The molecule has 0 spiro atoms. The van der Waals surface area contributed by atoms with E-state index in [0.717, 1.165) is 24.3 Å². The number of hydrogen-bond acceptors (Lipinski definition) is 5. The van der Waals surface area contributed by atoms with Gasteiger partial charge in [0.15, 0.2) is 0 Å². The maximum Gasteiger partial charge on any atom is 0.250 e. The zero-order valence-corrected chi connectivity index (χ0v) is 13.8. The minimum absolute atomic E-state index is 0.312. The van der Waals surface area contributed by atoms with Crippen LogP contribution >= 0.6 is 11.3 Å². The minimum atomic E-state index is -3.40. The minimum Gasteiger partial charge on any atom is -0.380 e. The number of sulfonamides is 1. The second-order valence-corrected chi connectivity index (χ2v) is 7.53. The van der Waals surface area contributed by atoms with Gasteiger partial charge in [0.05, 0.1) is 6.61 Å². The predicted molar refractivity (Wildman–Crippen MR) is 82.6 cm³/mol. The number of hydrogen-bond donors (Lipinski definition) is 2. The lowest BCUT2D eigenvalue weighted by Crippen LogP contribution is -2.27. The van der Waals surface area contributed by atoms with Crippen LogP contribution in [0.2, 0.25) is 0 Å². The normalized spacial score (nSPS) is 11.9. The average Bonchev–Trinajstić information content (AvgIpc) is 2.90. The summed E-state index contributed by atoms with van der Waals surface area (Å²) in [6.45, 7) is 7.09. The lowest BCUT2D eigenvalue weighted by molar-refractivity contribution is 0.136. The van der Waals surface area contributed by atoms with Crippen molar-refractivity contribution >= 4 is 21.4 Å². The summed E-state index contributed by atoms with van der Waals surface area (Å²) in [6, 6.07) is 3.50. The molecule has 0 radical (unpaired) electrons. The van der Waals surface area contributed by atoms with Crippen LogP contribution < -0.4 is 10.0 Å². The van der Waals surface area contributed by atoms with E-state index in [2.05, 4.69) is 17.0 Å². The van der Waals surface area contributed by atoms with Crippen LogP contribution in [0.3, 0.4) is 0 Å². The molecule has 20 heavy (non-hydrogen) atoms. The monoisotopic (exact) mass is 320 g/mol. The van der Waals surface area contributed by atoms with Crippen molar-refractivity contribution in [3.8, 4) is 0 Å². The van der Waals surface area contributed by atoms with E-state index in [9.17, 15) is 8.42 Å². The summed E-state index contributed by atoms with van der Waals surface area (Å²) >= 11 is 1.30. The largest absolute Gasteiger partial charge is 0.380 e. The second-order valence-electron chi connectivity index (χ2n) is 4.36. The van der Waals surface area contributed by atoms with Gasteiger partial charge >= 0.3 is 0 Å². The van der Waals surface area contributed by atoms with E-state index in [4.69, 9.17) is 4.74 Å². The van der Waals surface area contributed by atoms with E-state index in [0.29, 0.717) is 30.5 Å². The van der Waals surface area contributed by atoms with Crippen molar-refractivity contribution in [3.05, 3.63) is 17.0 Å². The Labute approximate surface area is 125 Å². The smallest absolute Gasteiger partial charge is 0.250 e. The van der Waals surface area contributed by atoms with Crippen LogP contribution in [0.4, 0.5) is 0 Å². The molecule has 1 aromatic heterocycles. The van der Waals surface area contributed by atoms with Gasteiger partial charge in [-0.1, -0.05) is 20.3 Å². The summed E-state index contributed by atoms with van der Waals surface area (Å²) in [6.07, 6.45) is 2.08. The SMILES string of the molecule is CCCCOCCNS(=O)(=O)c1ccc(CNCC)s1. The Morgan fingerprint density at radius 1 is 1.25 bits per heavy atom. The molecule has 0 aromatic carbocycles. The molecule has 0 aliphatic rings. The van der Waals surface area contributed by atoms with Gasteiger partial charge in [-0.15, -0.1) is 11.3 Å². The molecule has 1 rings (SSSR count). The van der Waals surface area contributed by atoms with Gasteiger partial charge in [0.25, 0.3) is 0 Å². The Bertz CT molecular complexity index is 472. The molecule has 0 unspecified atom stereocenters. The Morgan fingerprint density at radius 2 is 2.05 bits per heavy atom. The number of nitrogens with one attached hydrogen (secondary N) is 2. The first kappa shape index (κ1) is 17.6. The molecule has 7 heteroatoms. The van der Waals surface area contributed by atoms with Crippen LogP contribution in [-0.4, -0.2) is 34.7 Å². The molecule has 0 saturated carbocycles. The molecule has 0 fully saturated rings. The summed E-state index contributed by atoms with van der Waals surface area (Å²) in [5.74, 6) is 0. The molecule has 2 N–H and O–H groups in total. The van der Waals surface area contributed by atoms with Crippen LogP contribution in [0.1, 0.15) is 31.6 Å². The number of thiophene rings is 1. The van der Waals surface area contributed by atoms with Gasteiger partial charge in [-0.25, -0.2) is 13.1 Å². The lowest BCUT2D eigenvalue weighted by Gasteiger charge is -2.05. The van der Waals surface area contributed by atoms with E-state index in [1.165, 1.54) is 11.3 Å². The van der Waals surface area contributed by atoms with Gasteiger partial charge in [-0.3, -0.25) is 0 Å². The standard InChI is InChI=1S/C13H24N2O3S2/c1-3-5-9-18-10-8-15-20(16,17)13-7-6-12(19-13)11-14-4-2/h6-7,14-15H,3-5,8-11H2,1-2H3. The first-order valence-corrected chi connectivity index (χ1v) is 9.27. The summed E-state index contributed by atoms with van der Waals surface area (Å²) < 4.78 is 32.3. The second kappa shape index (κ2) is 9.46. The van der Waals surface area contributed by atoms with Crippen molar-refractivity contribution in [1.82, 2.24) is 10.0 Å². The molecule has 0 aliphatic carbocycles. The fourth-order valence-corrected chi connectivity index (χ4v) is 3.90. The summed E-state index contributed by atoms with van der Waals surface area (Å²) in [5, 5.41) is 3.18. The third kappa shape index (κ3) is 6.32. The predicted octanol–water partition coefficient (Wildman–Crippen LogP) is 1.95. The van der Waals surface area contributed by atoms with E-state index in [1.54, 1.807) is 6.07 Å². The Hall–Kier alpha value is -0.470. The van der Waals surface area contributed by atoms with Crippen LogP contribution in [0.5, 0.6) is 0 Å². The highest BCUT2D eigenvalue weighted by Gasteiger charge is 2.15. The molecule has 1 aromatic rings. The molecule has 5 nitrogen and oxygen atoms in total. The Morgan fingerprint density at radius 3 is 2.75 bits per heavy atom. The maximum atomic E-state index is 12.0. The zero-order valence-electron chi connectivity index (χ0n) is 12.1. The van der Waals surface area contributed by atoms with Crippen LogP contribution in [0, 0.1) is 0 Å². The molecule has 0 bridgehead atoms. The maximum absolute atomic E-state index is 12.0. The first-order chi connectivity index (χ1) is 9.60. The number of ether oxygens (including phenoxy) is 1. The van der Waals surface area contributed by atoms with Crippen molar-refractivity contribution in [1.29, 1.82) is 0 Å². The lowest BCUT2D eigenvalue weighted by atomic mass is 10.4. The van der Waals surface area contributed by atoms with Crippen molar-refractivity contribution in [2.75, 3.05) is 26.3 Å². The quantitative estimate of drug-likeness (QED) is 0.612. The van der Waals surface area contributed by atoms with Gasteiger partial charge in [0, 0.05) is 24.6 Å². The molecule has 1 heterocycles. The van der Waals surface area contributed by atoms with Crippen LogP contribution in [0.15, 0.2) is 16.3 Å². The molecule has 0 amide bonds. The van der Waals surface area contributed by atoms with E-state index in [-0.39, 0.29) is 0 Å². The Kier molecular flexibility index (Phi) is 8.32. The third-order valence-corrected chi connectivity index (χ3v) is 5.67. The number of unbranched alkanes of at least 4 members (excludes halogenated alkanes) is 1. The molecule has 0 saturated heterocycles.